The van der Waals surface area contributed by atoms with Crippen LogP contribution in [0.15, 0.2) is 48.5 Å². The molecule has 1 atom stereocenters. The number of amides is 3. The fourth-order valence-electron chi connectivity index (χ4n) is 3.18. The highest BCUT2D eigenvalue weighted by atomic mass is 16.5. The molecular formula is C21H25N3O3. The summed E-state index contributed by atoms with van der Waals surface area (Å²) in [5, 5.41) is 5.88. The highest BCUT2D eigenvalue weighted by Crippen LogP contribution is 2.25. The van der Waals surface area contributed by atoms with E-state index in [0.29, 0.717) is 18.7 Å². The van der Waals surface area contributed by atoms with Gasteiger partial charge in [-0.3, -0.25) is 9.69 Å². The first-order chi connectivity index (χ1) is 13.0. The molecule has 142 valence electrons. The largest absolute Gasteiger partial charge is 0.497 e. The van der Waals surface area contributed by atoms with E-state index in [4.69, 9.17) is 4.74 Å². The topological polar surface area (TPSA) is 70.7 Å². The van der Waals surface area contributed by atoms with Crippen LogP contribution in [0.5, 0.6) is 5.75 Å². The van der Waals surface area contributed by atoms with E-state index in [0.717, 1.165) is 17.0 Å². The van der Waals surface area contributed by atoms with Crippen LogP contribution in [-0.2, 0) is 0 Å². The Labute approximate surface area is 159 Å². The summed E-state index contributed by atoms with van der Waals surface area (Å²) in [6.07, 6.45) is 0. The van der Waals surface area contributed by atoms with Crippen molar-refractivity contribution in [3.8, 4) is 5.75 Å². The van der Waals surface area contributed by atoms with Gasteiger partial charge in [-0.1, -0.05) is 26.0 Å². The fourth-order valence-corrected chi connectivity index (χ4v) is 3.18. The molecule has 6 heteroatoms. The predicted octanol–water partition coefficient (Wildman–Crippen LogP) is 3.35. The molecule has 1 aliphatic heterocycles. The van der Waals surface area contributed by atoms with Gasteiger partial charge >= 0.3 is 6.03 Å². The molecule has 0 bridgehead atoms. The molecule has 1 fully saturated rings. The van der Waals surface area contributed by atoms with Crippen molar-refractivity contribution in [3.63, 3.8) is 0 Å². The van der Waals surface area contributed by atoms with Gasteiger partial charge in [-0.15, -0.1) is 0 Å². The highest BCUT2D eigenvalue weighted by Gasteiger charge is 2.22. The minimum Gasteiger partial charge on any atom is -0.497 e. The van der Waals surface area contributed by atoms with E-state index in [9.17, 15) is 9.59 Å². The molecule has 1 saturated heterocycles. The van der Waals surface area contributed by atoms with E-state index in [1.807, 2.05) is 24.3 Å². The van der Waals surface area contributed by atoms with Gasteiger partial charge in [-0.05, 0) is 47.9 Å². The molecule has 0 radical (unpaired) electrons. The third kappa shape index (κ3) is 4.22. The number of urea groups is 1. The second-order valence-electron chi connectivity index (χ2n) is 6.90. The zero-order valence-electron chi connectivity index (χ0n) is 15.9. The van der Waals surface area contributed by atoms with Gasteiger partial charge in [0.15, 0.2) is 0 Å². The van der Waals surface area contributed by atoms with Crippen molar-refractivity contribution in [3.05, 3.63) is 59.7 Å². The smallest absolute Gasteiger partial charge is 0.321 e. The second-order valence-corrected chi connectivity index (χ2v) is 6.90. The van der Waals surface area contributed by atoms with E-state index in [1.54, 1.807) is 36.3 Å². The van der Waals surface area contributed by atoms with E-state index >= 15 is 0 Å². The predicted molar refractivity (Wildman–Crippen MR) is 105 cm³/mol. The van der Waals surface area contributed by atoms with E-state index in [-0.39, 0.29) is 23.9 Å². The number of hydrogen-bond donors (Lipinski definition) is 2. The molecule has 2 aromatic rings. The number of nitrogens with zero attached hydrogens (tertiary/aromatic N) is 1. The van der Waals surface area contributed by atoms with Gasteiger partial charge in [0.25, 0.3) is 5.91 Å². The molecular weight excluding hydrogens is 342 g/mol. The van der Waals surface area contributed by atoms with Gasteiger partial charge in [0, 0.05) is 24.3 Å². The van der Waals surface area contributed by atoms with Crippen LogP contribution in [0.4, 0.5) is 10.5 Å². The van der Waals surface area contributed by atoms with Crippen molar-refractivity contribution in [2.75, 3.05) is 25.1 Å². The maximum absolute atomic E-state index is 12.7. The van der Waals surface area contributed by atoms with E-state index in [1.165, 1.54) is 0 Å². The van der Waals surface area contributed by atoms with Crippen LogP contribution in [0.3, 0.4) is 0 Å². The first-order valence-corrected chi connectivity index (χ1v) is 9.10. The van der Waals surface area contributed by atoms with Crippen LogP contribution in [0, 0.1) is 5.92 Å². The van der Waals surface area contributed by atoms with Gasteiger partial charge in [0.1, 0.15) is 5.75 Å². The molecule has 0 aliphatic carbocycles. The standard InChI is InChI=1S/C21H25N3O3/c1-14(2)19(15-6-10-18(27-3)11-7-15)23-20(25)16-4-8-17(9-5-16)24-13-12-22-21(24)26/h4-11,14,19H,12-13H2,1-3H3,(H,22,26)(H,23,25). The molecule has 0 spiro atoms. The lowest BCUT2D eigenvalue weighted by Crippen LogP contribution is -2.32. The number of hydrogen-bond acceptors (Lipinski definition) is 3. The summed E-state index contributed by atoms with van der Waals surface area (Å²) < 4.78 is 5.20. The van der Waals surface area contributed by atoms with Crippen molar-refractivity contribution < 1.29 is 14.3 Å². The normalized spacial score (nSPS) is 14.8. The van der Waals surface area contributed by atoms with Gasteiger partial charge in [-0.2, -0.15) is 0 Å². The molecule has 1 aliphatic rings. The van der Waals surface area contributed by atoms with Crippen LogP contribution >= 0.6 is 0 Å². The zero-order chi connectivity index (χ0) is 19.4. The third-order valence-corrected chi connectivity index (χ3v) is 4.73. The molecule has 1 unspecified atom stereocenters. The number of carbonyl (C=O) groups is 2. The van der Waals surface area contributed by atoms with Crippen LogP contribution in [-0.4, -0.2) is 32.1 Å². The maximum Gasteiger partial charge on any atom is 0.321 e. The molecule has 2 N–H and O–H groups in total. The lowest BCUT2D eigenvalue weighted by Gasteiger charge is -2.23. The Kier molecular flexibility index (Phi) is 5.64. The van der Waals surface area contributed by atoms with Crippen LogP contribution in [0.1, 0.15) is 35.8 Å². The Morgan fingerprint density at radius 1 is 1.11 bits per heavy atom. The molecule has 1 heterocycles. The summed E-state index contributed by atoms with van der Waals surface area (Å²) in [7, 11) is 1.63. The Morgan fingerprint density at radius 2 is 1.78 bits per heavy atom. The van der Waals surface area contributed by atoms with E-state index in [2.05, 4.69) is 24.5 Å². The summed E-state index contributed by atoms with van der Waals surface area (Å²) in [4.78, 5) is 26.1. The molecule has 2 aromatic carbocycles. The summed E-state index contributed by atoms with van der Waals surface area (Å²) in [6.45, 7) is 5.42. The van der Waals surface area contributed by atoms with Gasteiger partial charge in [-0.25, -0.2) is 4.79 Å². The number of rotatable bonds is 6. The first-order valence-electron chi connectivity index (χ1n) is 9.10. The van der Waals surface area contributed by atoms with Crippen molar-refractivity contribution in [1.29, 1.82) is 0 Å². The quantitative estimate of drug-likeness (QED) is 0.822. The minimum absolute atomic E-state index is 0.104. The average Bonchev–Trinajstić information content (AvgIpc) is 3.12. The molecule has 3 rings (SSSR count). The SMILES string of the molecule is COc1ccc(C(NC(=O)c2ccc(N3CCNC3=O)cc2)C(C)C)cc1. The van der Waals surface area contributed by atoms with Gasteiger partial charge in [0.05, 0.1) is 13.2 Å². The van der Waals surface area contributed by atoms with Crippen LogP contribution in [0.25, 0.3) is 0 Å². The van der Waals surface area contributed by atoms with E-state index < -0.39 is 0 Å². The summed E-state index contributed by atoms with van der Waals surface area (Å²) in [5.41, 5.74) is 2.39. The molecule has 6 nitrogen and oxygen atoms in total. The Bertz CT molecular complexity index is 800. The minimum atomic E-state index is -0.137. The number of ether oxygens (including phenoxy) is 1. The lowest BCUT2D eigenvalue weighted by atomic mass is 9.95. The Morgan fingerprint density at radius 3 is 2.30 bits per heavy atom. The number of anilines is 1. The molecule has 0 aromatic heterocycles. The Hall–Kier alpha value is -3.02. The average molecular weight is 367 g/mol. The van der Waals surface area contributed by atoms with Gasteiger partial charge < -0.3 is 15.4 Å². The monoisotopic (exact) mass is 367 g/mol. The number of methoxy groups -OCH3 is 1. The first kappa shape index (κ1) is 18.8. The summed E-state index contributed by atoms with van der Waals surface area (Å²) >= 11 is 0. The fraction of sp³-hybridized carbons (Fsp3) is 0.333. The summed E-state index contributed by atoms with van der Waals surface area (Å²) in [6, 6.07) is 14.6. The van der Waals surface area contributed by atoms with Crippen molar-refractivity contribution in [2.24, 2.45) is 5.92 Å². The maximum atomic E-state index is 12.7. The highest BCUT2D eigenvalue weighted by molar-refractivity contribution is 5.97. The summed E-state index contributed by atoms with van der Waals surface area (Å²) in [5.74, 6) is 0.881. The Balaban J connectivity index is 1.72. The van der Waals surface area contributed by atoms with Gasteiger partial charge in [0.2, 0.25) is 0 Å². The van der Waals surface area contributed by atoms with Crippen molar-refractivity contribution in [1.82, 2.24) is 10.6 Å². The number of carbonyl (C=O) groups excluding carboxylic acids is 2. The third-order valence-electron chi connectivity index (χ3n) is 4.73. The molecule has 27 heavy (non-hydrogen) atoms. The number of nitrogens with one attached hydrogen (secondary N) is 2. The van der Waals surface area contributed by atoms with Crippen molar-refractivity contribution >= 4 is 17.6 Å². The number of benzene rings is 2. The molecule has 0 saturated carbocycles. The zero-order valence-corrected chi connectivity index (χ0v) is 15.9. The second kappa shape index (κ2) is 8.12. The van der Waals surface area contributed by atoms with Crippen LogP contribution < -0.4 is 20.3 Å². The van der Waals surface area contributed by atoms with Crippen molar-refractivity contribution in [2.45, 2.75) is 19.9 Å². The van der Waals surface area contributed by atoms with Crippen LogP contribution in [0.2, 0.25) is 0 Å². The molecule has 3 amide bonds. The lowest BCUT2D eigenvalue weighted by molar-refractivity contribution is 0.0925.